The van der Waals surface area contributed by atoms with Crippen molar-refractivity contribution in [3.05, 3.63) is 198 Å². The average Bonchev–Trinajstić information content (AvgIpc) is 4.34. The third kappa shape index (κ3) is 6.60. The monoisotopic (exact) mass is 1000 g/mol. The maximum absolute atomic E-state index is 7.12. The second-order valence-corrected chi connectivity index (χ2v) is 26.3. The van der Waals surface area contributed by atoms with Gasteiger partial charge in [0.25, 0.3) is 0 Å². The summed E-state index contributed by atoms with van der Waals surface area (Å²) in [6, 6.07) is 64.5. The summed E-state index contributed by atoms with van der Waals surface area (Å²) in [5.74, 6) is 0.901. The molecule has 5 heteroatoms. The highest BCUT2D eigenvalue weighted by molar-refractivity contribution is 7.25. The molecule has 0 radical (unpaired) electrons. The smallest absolute Gasteiger partial charge is 0.198 e. The fourth-order valence-corrected chi connectivity index (χ4v) is 15.0. The van der Waals surface area contributed by atoms with E-state index in [1.807, 2.05) is 11.3 Å². The maximum atomic E-state index is 7.12. The normalized spacial score (nSPS) is 15.8. The number of benzene rings is 9. The van der Waals surface area contributed by atoms with Gasteiger partial charge in [-0.2, -0.15) is 0 Å². The summed E-state index contributed by atoms with van der Waals surface area (Å²) in [6.45, 7) is 21.5. The van der Waals surface area contributed by atoms with Gasteiger partial charge >= 0.3 is 0 Å². The minimum Gasteiger partial charge on any atom is -0.455 e. The van der Waals surface area contributed by atoms with Crippen LogP contribution in [-0.2, 0) is 21.7 Å². The summed E-state index contributed by atoms with van der Waals surface area (Å²) in [7, 11) is 0.753. The number of hydrogen-bond donors (Lipinski definition) is 1. The number of thiophene rings is 1. The fraction of sp³-hybridized carbons (Fsp3) is 0.211. The van der Waals surface area contributed by atoms with E-state index in [1.54, 1.807) is 0 Å². The SMILES string of the molecule is CC(C)(C)c1ccc(Nc2cc3sc4cc5c(cc4c3cc2-c2ccc3c4cc6c(cc4n4c3c2Bc2cc3oc(-c7ccccc7)c(-c7ccccc7)c3cc2-4)C(C)(C)c2ccccc2-6)C(C)(C)CCC5(C)C)cc1. The number of anilines is 2. The molecule has 0 bridgehead atoms. The summed E-state index contributed by atoms with van der Waals surface area (Å²) >= 11 is 1.94. The molecule has 0 saturated carbocycles. The lowest BCUT2D eigenvalue weighted by molar-refractivity contribution is 0.332. The van der Waals surface area contributed by atoms with Gasteiger partial charge in [0.15, 0.2) is 7.28 Å². The van der Waals surface area contributed by atoms with Crippen LogP contribution in [0.5, 0.6) is 0 Å². The average molecular weight is 1000 g/mol. The molecule has 0 unspecified atom stereocenters. The van der Waals surface area contributed by atoms with Gasteiger partial charge in [-0.25, -0.2) is 0 Å². The molecule has 3 aromatic heterocycles. The van der Waals surface area contributed by atoms with Gasteiger partial charge in [-0.1, -0.05) is 177 Å². The molecule has 15 rings (SSSR count). The van der Waals surface area contributed by atoms with Gasteiger partial charge in [-0.15, -0.1) is 11.3 Å². The number of fused-ring (bicyclic) bond motifs is 13. The molecular weight excluding hydrogens is 940 g/mol. The van der Waals surface area contributed by atoms with Crippen LogP contribution in [0.1, 0.15) is 103 Å². The third-order valence-electron chi connectivity index (χ3n) is 18.2. The Hall–Kier alpha value is -7.60. The van der Waals surface area contributed by atoms with Crippen LogP contribution in [0.3, 0.4) is 0 Å². The van der Waals surface area contributed by atoms with E-state index in [9.17, 15) is 0 Å². The van der Waals surface area contributed by atoms with Crippen LogP contribution < -0.4 is 16.2 Å². The Bertz CT molecular complexity index is 4440. The van der Waals surface area contributed by atoms with Gasteiger partial charge in [-0.05, 0) is 145 Å². The lowest BCUT2D eigenvalue weighted by Crippen LogP contribution is -2.37. The highest BCUT2D eigenvalue weighted by Crippen LogP contribution is 2.53. The van der Waals surface area contributed by atoms with Crippen molar-refractivity contribution in [2.75, 3.05) is 5.32 Å². The second kappa shape index (κ2) is 15.7. The molecular formula is C71H61BN2OS. The van der Waals surface area contributed by atoms with E-state index < -0.39 is 0 Å². The highest BCUT2D eigenvalue weighted by Gasteiger charge is 2.39. The summed E-state index contributed by atoms with van der Waals surface area (Å²) < 4.78 is 12.4. The summed E-state index contributed by atoms with van der Waals surface area (Å²) in [5, 5.41) is 10.4. The Kier molecular flexibility index (Phi) is 9.48. The van der Waals surface area contributed by atoms with Crippen molar-refractivity contribution in [3.8, 4) is 50.4 Å². The van der Waals surface area contributed by atoms with Gasteiger partial charge in [0.1, 0.15) is 11.3 Å². The van der Waals surface area contributed by atoms with Crippen LogP contribution >= 0.6 is 11.3 Å². The van der Waals surface area contributed by atoms with Crippen molar-refractivity contribution in [1.29, 1.82) is 0 Å². The first-order chi connectivity index (χ1) is 36.5. The highest BCUT2D eigenvalue weighted by atomic mass is 32.1. The predicted molar refractivity (Wildman–Crippen MR) is 327 cm³/mol. The van der Waals surface area contributed by atoms with Crippen molar-refractivity contribution >= 4 is 93.9 Å². The van der Waals surface area contributed by atoms with Crippen LogP contribution in [0.2, 0.25) is 0 Å². The van der Waals surface area contributed by atoms with Crippen molar-refractivity contribution < 1.29 is 4.42 Å². The number of furan rings is 1. The molecule has 3 aliphatic rings. The van der Waals surface area contributed by atoms with Gasteiger partial charge < -0.3 is 14.3 Å². The quantitative estimate of drug-likeness (QED) is 0.174. The molecule has 9 aromatic carbocycles. The molecule has 2 aliphatic carbocycles. The zero-order chi connectivity index (χ0) is 51.8. The van der Waals surface area contributed by atoms with E-state index in [2.05, 4.69) is 242 Å². The zero-order valence-electron chi connectivity index (χ0n) is 45.1. The summed E-state index contributed by atoms with van der Waals surface area (Å²) in [5.41, 5.74) is 25.2. The van der Waals surface area contributed by atoms with E-state index >= 15 is 0 Å². The molecule has 1 aliphatic heterocycles. The molecule has 370 valence electrons. The molecule has 0 fully saturated rings. The van der Waals surface area contributed by atoms with E-state index in [-0.39, 0.29) is 21.7 Å². The first kappa shape index (κ1) is 45.8. The van der Waals surface area contributed by atoms with Crippen molar-refractivity contribution in [2.24, 2.45) is 0 Å². The van der Waals surface area contributed by atoms with Crippen molar-refractivity contribution in [3.63, 3.8) is 0 Å². The Morgan fingerprint density at radius 1 is 0.539 bits per heavy atom. The lowest BCUT2D eigenvalue weighted by atomic mass is 9.59. The van der Waals surface area contributed by atoms with E-state index in [0.717, 1.165) is 52.1 Å². The van der Waals surface area contributed by atoms with Crippen LogP contribution in [0.4, 0.5) is 11.4 Å². The Balaban J connectivity index is 1.03. The van der Waals surface area contributed by atoms with Crippen molar-refractivity contribution in [2.45, 2.75) is 96.8 Å². The minimum atomic E-state index is -0.156. The largest absolute Gasteiger partial charge is 0.455 e. The number of hydrogen-bond acceptors (Lipinski definition) is 3. The van der Waals surface area contributed by atoms with Crippen LogP contribution in [0.15, 0.2) is 174 Å². The summed E-state index contributed by atoms with van der Waals surface area (Å²) in [4.78, 5) is 0. The number of aromatic nitrogens is 1. The zero-order valence-corrected chi connectivity index (χ0v) is 45.9. The van der Waals surface area contributed by atoms with Gasteiger partial charge in [-0.3, -0.25) is 0 Å². The van der Waals surface area contributed by atoms with E-state index in [0.29, 0.717) is 0 Å². The molecule has 4 heterocycles. The first-order valence-electron chi connectivity index (χ1n) is 27.4. The number of rotatable bonds is 5. The first-order valence-corrected chi connectivity index (χ1v) is 28.2. The topological polar surface area (TPSA) is 30.1 Å². The van der Waals surface area contributed by atoms with Gasteiger partial charge in [0.05, 0.1) is 5.52 Å². The molecule has 0 saturated heterocycles. The molecule has 12 aromatic rings. The van der Waals surface area contributed by atoms with Crippen molar-refractivity contribution in [1.82, 2.24) is 4.57 Å². The molecule has 0 spiro atoms. The molecule has 1 N–H and O–H groups in total. The van der Waals surface area contributed by atoms with Crippen LogP contribution in [-0.4, -0.2) is 11.8 Å². The van der Waals surface area contributed by atoms with E-state index in [1.165, 1.54) is 122 Å². The predicted octanol–water partition coefficient (Wildman–Crippen LogP) is 18.3. The van der Waals surface area contributed by atoms with Gasteiger partial charge in [0, 0.05) is 81.0 Å². The maximum Gasteiger partial charge on any atom is 0.198 e. The fourth-order valence-electron chi connectivity index (χ4n) is 13.9. The number of nitrogens with zero attached hydrogens (tertiary/aromatic N) is 1. The summed E-state index contributed by atoms with van der Waals surface area (Å²) in [6.07, 6.45) is 2.38. The molecule has 0 amide bonds. The Labute approximate surface area is 450 Å². The second-order valence-electron chi connectivity index (χ2n) is 25.2. The van der Waals surface area contributed by atoms with Gasteiger partial charge in [0.2, 0.25) is 0 Å². The van der Waals surface area contributed by atoms with E-state index in [4.69, 9.17) is 4.42 Å². The Morgan fingerprint density at radius 3 is 1.93 bits per heavy atom. The minimum absolute atomic E-state index is 0.0571. The third-order valence-corrected chi connectivity index (χ3v) is 19.4. The molecule has 3 nitrogen and oxygen atoms in total. The van der Waals surface area contributed by atoms with Crippen LogP contribution in [0.25, 0.3) is 103 Å². The standard InChI is InChI=1S/C71H61BN2OS/c1-68(2,3)42-24-26-43(27-25-42)73-58-39-63-50(51-34-55-56(37-62(51)76-63)70(6,7)31-30-69(55,4)5)33-48(58)45-28-29-46-49-32-47-44-22-16-17-23-53(44)71(8,9)54(47)36-59(49)74-60-35-52-61(38-57(60)72-65(45)66(46)74)75-67(41-20-14-11-15-21-41)64(52)40-18-12-10-13-19-40/h10-29,32-39,72-73H,30-31H2,1-9H3. The lowest BCUT2D eigenvalue weighted by Gasteiger charge is -2.41. The number of nitrogens with one attached hydrogen (secondary N) is 1. The molecule has 76 heavy (non-hydrogen) atoms. The van der Waals surface area contributed by atoms with Crippen LogP contribution in [0, 0.1) is 0 Å². The molecule has 0 atom stereocenters. The Morgan fingerprint density at radius 2 is 1.20 bits per heavy atom.